The van der Waals surface area contributed by atoms with Crippen LogP contribution in [0.4, 0.5) is 0 Å². The quantitative estimate of drug-likeness (QED) is 0.267. The molecule has 3 N–H and O–H groups in total. The van der Waals surface area contributed by atoms with E-state index in [1.54, 1.807) is 0 Å². The number of rotatable bonds is 0. The summed E-state index contributed by atoms with van der Waals surface area (Å²) in [7, 11) is -4.02. The lowest BCUT2D eigenvalue weighted by Gasteiger charge is -1.94. The highest BCUT2D eigenvalue weighted by Gasteiger charge is 2.22. The predicted molar refractivity (Wildman–Crippen MR) is 25.9 cm³/mol. The van der Waals surface area contributed by atoms with Crippen LogP contribution in [-0.2, 0) is 0 Å². The molecule has 0 spiro atoms. The zero-order valence-corrected chi connectivity index (χ0v) is 4.84. The van der Waals surface area contributed by atoms with Crippen LogP contribution >= 0.6 is 0 Å². The lowest BCUT2D eigenvalue weighted by molar-refractivity contribution is 0.251. The molecule has 7 heavy (non-hydrogen) atoms. The van der Waals surface area contributed by atoms with Crippen LogP contribution in [0.3, 0.4) is 0 Å². The Bertz CT molecular complexity index is 104. The lowest BCUT2D eigenvalue weighted by atomic mass is 10.8. The van der Waals surface area contributed by atoms with E-state index in [-0.39, 0.29) is 0 Å². The molecule has 0 saturated heterocycles. The van der Waals surface area contributed by atoms with E-state index in [0.29, 0.717) is 0 Å². The zero-order valence-electron chi connectivity index (χ0n) is 3.84. The van der Waals surface area contributed by atoms with Gasteiger partial charge in [-0.25, -0.2) is 0 Å². The Morgan fingerprint density at radius 2 is 1.71 bits per heavy atom. The minimum absolute atomic E-state index is 1.42. The van der Waals surface area contributed by atoms with Gasteiger partial charge in [-0.3, -0.25) is 0 Å². The highest BCUT2D eigenvalue weighted by Crippen LogP contribution is 1.77. The van der Waals surface area contributed by atoms with Gasteiger partial charge in [-0.15, -0.1) is 5.92 Å². The van der Waals surface area contributed by atoms with E-state index in [0.717, 1.165) is 0 Å². The molecule has 3 nitrogen and oxygen atoms in total. The van der Waals surface area contributed by atoms with E-state index >= 15 is 0 Å². The fraction of sp³-hybridized carbons (Fsp3) is 0.333. The van der Waals surface area contributed by atoms with Crippen molar-refractivity contribution in [2.45, 2.75) is 6.92 Å². The molecule has 4 heteroatoms. The van der Waals surface area contributed by atoms with Gasteiger partial charge in [0.2, 0.25) is 0 Å². The first-order valence-corrected chi connectivity index (χ1v) is 3.51. The second-order valence-electron chi connectivity index (χ2n) is 1.01. The maximum absolute atomic E-state index is 8.09. The van der Waals surface area contributed by atoms with Gasteiger partial charge in [0.05, 0.1) is 0 Å². The molecular weight excluding hydrogens is 112 g/mol. The first-order chi connectivity index (χ1) is 3.06. The van der Waals surface area contributed by atoms with E-state index < -0.39 is 8.80 Å². The van der Waals surface area contributed by atoms with Crippen molar-refractivity contribution in [1.82, 2.24) is 0 Å². The molecule has 0 aliphatic carbocycles. The molecule has 0 heterocycles. The molecule has 0 atom stereocenters. The normalized spacial score (nSPS) is 9.71. The molecule has 0 aromatic carbocycles. The molecular formula is C3H6O3Si. The van der Waals surface area contributed by atoms with Crippen molar-refractivity contribution in [2.75, 3.05) is 0 Å². The molecule has 0 radical (unpaired) electrons. The maximum Gasteiger partial charge on any atom is 0.583 e. The highest BCUT2D eigenvalue weighted by molar-refractivity contribution is 6.65. The van der Waals surface area contributed by atoms with Gasteiger partial charge in [0.1, 0.15) is 0 Å². The molecule has 0 aromatic heterocycles. The molecule has 0 aromatic rings. The van der Waals surface area contributed by atoms with E-state index in [4.69, 9.17) is 14.4 Å². The van der Waals surface area contributed by atoms with Gasteiger partial charge in [-0.1, -0.05) is 0 Å². The van der Waals surface area contributed by atoms with Gasteiger partial charge in [0.25, 0.3) is 0 Å². The summed E-state index contributed by atoms with van der Waals surface area (Å²) in [6, 6.07) is 0. The van der Waals surface area contributed by atoms with Crippen molar-refractivity contribution in [3.63, 3.8) is 0 Å². The van der Waals surface area contributed by atoms with Gasteiger partial charge in [0.15, 0.2) is 0 Å². The summed E-state index contributed by atoms with van der Waals surface area (Å²) in [5, 5.41) is 0. The molecule has 0 unspecified atom stereocenters. The summed E-state index contributed by atoms with van der Waals surface area (Å²) in [4.78, 5) is 24.3. The van der Waals surface area contributed by atoms with Gasteiger partial charge in [-0.2, -0.15) is 0 Å². The summed E-state index contributed by atoms with van der Waals surface area (Å²) >= 11 is 0. The summed E-state index contributed by atoms with van der Waals surface area (Å²) in [5.41, 5.74) is 1.84. The van der Waals surface area contributed by atoms with Crippen LogP contribution in [-0.4, -0.2) is 23.2 Å². The highest BCUT2D eigenvalue weighted by atomic mass is 28.4. The average molecular weight is 118 g/mol. The van der Waals surface area contributed by atoms with Crippen molar-refractivity contribution in [3.8, 4) is 11.5 Å². The monoisotopic (exact) mass is 118 g/mol. The minimum Gasteiger partial charge on any atom is -0.380 e. The van der Waals surface area contributed by atoms with E-state index in [1.165, 1.54) is 6.92 Å². The van der Waals surface area contributed by atoms with Gasteiger partial charge in [0, 0.05) is 0 Å². The molecule has 40 valence electrons. The van der Waals surface area contributed by atoms with Crippen LogP contribution in [0.1, 0.15) is 6.92 Å². The molecule has 0 aliphatic rings. The number of hydrogen-bond donors (Lipinski definition) is 3. The lowest BCUT2D eigenvalue weighted by Crippen LogP contribution is -2.32. The Morgan fingerprint density at radius 3 is 1.71 bits per heavy atom. The standard InChI is InChI=1S/C3H6O3Si/c1-2-3-7(4,5)6/h4-6H,1H3. The van der Waals surface area contributed by atoms with Crippen LogP contribution in [0.15, 0.2) is 0 Å². The third-order valence-corrected chi connectivity index (χ3v) is 0.878. The van der Waals surface area contributed by atoms with Crippen molar-refractivity contribution in [3.05, 3.63) is 0 Å². The Balaban J connectivity index is 3.72. The number of hydrogen-bond acceptors (Lipinski definition) is 3. The second-order valence-corrected chi connectivity index (χ2v) is 2.53. The van der Waals surface area contributed by atoms with Crippen molar-refractivity contribution >= 4 is 8.80 Å². The summed E-state index contributed by atoms with van der Waals surface area (Å²) in [6.07, 6.45) is 0. The maximum atomic E-state index is 8.09. The van der Waals surface area contributed by atoms with Crippen LogP contribution in [0, 0.1) is 11.5 Å². The van der Waals surface area contributed by atoms with Crippen molar-refractivity contribution in [2.24, 2.45) is 0 Å². The van der Waals surface area contributed by atoms with Crippen molar-refractivity contribution in [1.29, 1.82) is 0 Å². The predicted octanol–water partition coefficient (Wildman–Crippen LogP) is -1.54. The van der Waals surface area contributed by atoms with Gasteiger partial charge in [-0.05, 0) is 12.5 Å². The van der Waals surface area contributed by atoms with Crippen LogP contribution in [0.25, 0.3) is 0 Å². The minimum atomic E-state index is -4.02. The molecule has 0 bridgehead atoms. The Labute approximate surface area is 42.6 Å². The third kappa shape index (κ3) is 5.66. The van der Waals surface area contributed by atoms with Gasteiger partial charge < -0.3 is 14.4 Å². The molecule has 0 rings (SSSR count). The SMILES string of the molecule is CC#C[Si](O)(O)O. The van der Waals surface area contributed by atoms with Crippen LogP contribution < -0.4 is 0 Å². The van der Waals surface area contributed by atoms with E-state index in [9.17, 15) is 0 Å². The first-order valence-electron chi connectivity index (χ1n) is 1.67. The molecule has 0 aliphatic heterocycles. The zero-order chi connectivity index (χ0) is 5.91. The molecule has 0 amide bonds. The largest absolute Gasteiger partial charge is 0.583 e. The summed E-state index contributed by atoms with van der Waals surface area (Å²) in [6.45, 7) is 1.42. The summed E-state index contributed by atoms with van der Waals surface area (Å²) < 4.78 is 0. The topological polar surface area (TPSA) is 60.7 Å². The Morgan fingerprint density at radius 1 is 1.29 bits per heavy atom. The molecule has 0 fully saturated rings. The van der Waals surface area contributed by atoms with Gasteiger partial charge >= 0.3 is 8.80 Å². The summed E-state index contributed by atoms with van der Waals surface area (Å²) in [5.74, 6) is 2.17. The molecule has 0 saturated carbocycles. The smallest absolute Gasteiger partial charge is 0.380 e. The first kappa shape index (κ1) is 6.66. The fourth-order valence-electron chi connectivity index (χ4n) is 0.168. The van der Waals surface area contributed by atoms with Crippen molar-refractivity contribution < 1.29 is 14.4 Å². The van der Waals surface area contributed by atoms with Crippen LogP contribution in [0.5, 0.6) is 0 Å². The van der Waals surface area contributed by atoms with E-state index in [1.807, 2.05) is 5.54 Å². The Hall–Kier alpha value is -0.343. The van der Waals surface area contributed by atoms with E-state index in [2.05, 4.69) is 5.92 Å². The Kier molecular flexibility index (Phi) is 1.99. The third-order valence-electron chi connectivity index (χ3n) is 0.293. The fourth-order valence-corrected chi connectivity index (χ4v) is 0.503. The van der Waals surface area contributed by atoms with Crippen LogP contribution in [0.2, 0.25) is 0 Å². The second kappa shape index (κ2) is 2.09. The average Bonchev–Trinajstić information content (AvgIpc) is 1.30.